The van der Waals surface area contributed by atoms with Gasteiger partial charge >= 0.3 is 0 Å². The lowest BCUT2D eigenvalue weighted by atomic mass is 9.49. The number of aliphatic hydroxyl groups excluding tert-OH is 9. The van der Waals surface area contributed by atoms with Gasteiger partial charge in [0.1, 0.15) is 18.3 Å². The summed E-state index contributed by atoms with van der Waals surface area (Å²) in [5, 5.41) is 92.2. The highest BCUT2D eigenvalue weighted by atomic mass is 16.7. The third kappa shape index (κ3) is 11.8. The fourth-order valence-corrected chi connectivity index (χ4v) is 18.6. The first-order valence-corrected chi connectivity index (χ1v) is 28.9. The number of rotatable bonds is 14. The minimum absolute atomic E-state index is 0. The number of ether oxygens (including phenoxy) is 6. The molecule has 15 aliphatic rings. The highest BCUT2D eigenvalue weighted by Crippen LogP contribution is 2.62. The van der Waals surface area contributed by atoms with E-state index in [9.17, 15) is 50.8 Å². The van der Waals surface area contributed by atoms with Gasteiger partial charge in [0.25, 0.3) is 0 Å². The van der Waals surface area contributed by atoms with E-state index >= 15 is 0 Å². The fourth-order valence-electron chi connectivity index (χ4n) is 18.6. The second kappa shape index (κ2) is 23.5. The van der Waals surface area contributed by atoms with Crippen molar-refractivity contribution in [2.45, 2.75) is 218 Å². The van der Waals surface area contributed by atoms with E-state index in [0.29, 0.717) is 19.8 Å². The van der Waals surface area contributed by atoms with Crippen LogP contribution in [0.25, 0.3) is 0 Å². The summed E-state index contributed by atoms with van der Waals surface area (Å²) in [5.74, 6) is 6.51. The summed E-state index contributed by atoms with van der Waals surface area (Å²) in [6.07, 6.45) is 12.5. The summed E-state index contributed by atoms with van der Waals surface area (Å²) in [6.45, 7) is 6.47. The van der Waals surface area contributed by atoms with Gasteiger partial charge in [0.05, 0.1) is 76.3 Å². The average Bonchev–Trinajstić information content (AvgIpc) is 3.35. The van der Waals surface area contributed by atoms with Crippen LogP contribution in [0.3, 0.4) is 0 Å². The van der Waals surface area contributed by atoms with Gasteiger partial charge in [-0.15, -0.1) is 0 Å². The molecule has 12 saturated carbocycles. The molecule has 1 amide bonds. The number of hydrogen-bond acceptors (Lipinski definition) is 16. The van der Waals surface area contributed by atoms with E-state index in [1.54, 1.807) is 20.8 Å². The van der Waals surface area contributed by atoms with Gasteiger partial charge in [0, 0.05) is 29.7 Å². The van der Waals surface area contributed by atoms with Crippen molar-refractivity contribution < 1.29 is 79.2 Å². The van der Waals surface area contributed by atoms with Gasteiger partial charge in [-0.25, -0.2) is 0 Å². The van der Waals surface area contributed by atoms with Crippen molar-refractivity contribution in [2.24, 2.45) is 87.3 Å². The molecule has 6 unspecified atom stereocenters. The zero-order chi connectivity index (χ0) is 51.6. The van der Waals surface area contributed by atoms with Crippen molar-refractivity contribution >= 4 is 5.91 Å². The monoisotopic (exact) mass is 1050 g/mol. The molecule has 12 aliphatic carbocycles. The van der Waals surface area contributed by atoms with Crippen LogP contribution in [0.2, 0.25) is 0 Å². The Morgan fingerprint density at radius 1 is 0.446 bits per heavy atom. The summed E-state index contributed by atoms with van der Waals surface area (Å²) in [4.78, 5) is 12.9. The maximum Gasteiger partial charge on any atom is 0.226 e. The van der Waals surface area contributed by atoms with E-state index in [1.165, 1.54) is 96.3 Å². The maximum absolute atomic E-state index is 12.9. The van der Waals surface area contributed by atoms with Crippen LogP contribution in [0.1, 0.15) is 144 Å². The molecule has 0 aromatic heterocycles. The third-order valence-corrected chi connectivity index (χ3v) is 21.4. The Labute approximate surface area is 440 Å². The predicted molar refractivity (Wildman–Crippen MR) is 270 cm³/mol. The van der Waals surface area contributed by atoms with Crippen molar-refractivity contribution in [3.05, 3.63) is 0 Å². The van der Waals surface area contributed by atoms with Crippen LogP contribution in [0.5, 0.6) is 0 Å². The largest absolute Gasteiger partial charge is 0.394 e. The Morgan fingerprint density at radius 3 is 1.00 bits per heavy atom. The average molecular weight is 1050 g/mol. The molecule has 15 atom stereocenters. The number of nitrogens with one attached hydrogen (secondary N) is 1. The van der Waals surface area contributed by atoms with Gasteiger partial charge < -0.3 is 79.7 Å². The third-order valence-electron chi connectivity index (χ3n) is 21.4. The lowest BCUT2D eigenvalue weighted by molar-refractivity contribution is -0.298. The van der Waals surface area contributed by atoms with Gasteiger partial charge in [-0.1, -0.05) is 28.2 Å². The fraction of sp³-hybridized carbons (Fsp3) is 0.982. The predicted octanol–water partition coefficient (Wildman–Crippen LogP) is 3.64. The second-order valence-electron chi connectivity index (χ2n) is 27.0. The Balaban J connectivity index is 0.000000136. The summed E-state index contributed by atoms with van der Waals surface area (Å²) in [5.41, 5.74) is 0.324. The summed E-state index contributed by atoms with van der Waals surface area (Å²) < 4.78 is 34.5. The smallest absolute Gasteiger partial charge is 0.226 e. The van der Waals surface area contributed by atoms with E-state index in [2.05, 4.69) is 5.32 Å². The molecule has 17 heteroatoms. The molecule has 17 nitrogen and oxygen atoms in total. The molecule has 0 spiro atoms. The van der Waals surface area contributed by atoms with Gasteiger partial charge in [0.15, 0.2) is 18.9 Å². The molecule has 74 heavy (non-hydrogen) atoms. The van der Waals surface area contributed by atoms with Crippen LogP contribution < -0.4 is 5.32 Å². The van der Waals surface area contributed by atoms with E-state index in [-0.39, 0.29) is 73.8 Å². The van der Waals surface area contributed by atoms with Crippen molar-refractivity contribution in [1.29, 1.82) is 0 Å². The molecule has 15 fully saturated rings. The zero-order valence-corrected chi connectivity index (χ0v) is 43.9. The van der Waals surface area contributed by atoms with Crippen molar-refractivity contribution in [3.63, 3.8) is 0 Å². The number of carbonyl (C=O) groups excluding carboxylic acids is 1. The minimum Gasteiger partial charge on any atom is -0.394 e. The number of aliphatic hydroxyl groups is 9. The Kier molecular flexibility index (Phi) is 18.3. The highest BCUT2D eigenvalue weighted by molar-refractivity contribution is 5.83. The first-order chi connectivity index (χ1) is 34.9. The number of hydrogen-bond donors (Lipinski definition) is 10. The molecule has 3 aliphatic heterocycles. The van der Waals surface area contributed by atoms with Crippen LogP contribution in [0.4, 0.5) is 0 Å². The van der Waals surface area contributed by atoms with Crippen LogP contribution >= 0.6 is 0 Å². The molecular formula is C57H97NO16. The SMILES string of the molecule is C.C[C@H]1C(CO)O[C@H](OCC23CC4CC(CC(C4)C2)C3)[C@H](O)C1O.C[C@H]1C(CO)O[C@H](OCC23CC4CC(CC(C4)C2)C3)[C@H](O)C1O.C[C@H]1C(CO)O[C@H](OCCNC(=O)C23CC4CC(CC(C4)C2)C3)[C@H](O)C1O. The molecule has 10 N–H and O–H groups in total. The van der Waals surface area contributed by atoms with Crippen molar-refractivity contribution in [3.8, 4) is 0 Å². The standard InChI is InChI=1S/C20H33NO6.2C18H30O5.CH4/c1-11-15(10-22)27-18(17(24)16(11)23)26-3-2-21-19(25)20-7-12-4-13(8-20)6-14(5-12)9-20;2*1-10-14(8-19)23-17(16(21)15(10)20)22-9-18-5-11-2-12(6-18)4-13(3-11)7-18;/h11-18,22-24H,2-10H2,1H3,(H,21,25);2*10-17,19-21H,2-9H2,1H3;1H4/t11-,12?,13?,14?,15?,16?,17+,18-,20?;2*10-,11?,12?,13?,14?,15?,16+,17-,18?;/m000./s1. The van der Waals surface area contributed by atoms with E-state index in [1.807, 2.05) is 0 Å². The summed E-state index contributed by atoms with van der Waals surface area (Å²) in [7, 11) is 0. The normalized spacial score (nSPS) is 52.1. The van der Waals surface area contributed by atoms with E-state index < -0.39 is 73.8 Å². The van der Waals surface area contributed by atoms with E-state index in [0.717, 1.165) is 72.5 Å². The Hall–Kier alpha value is -1.13. The van der Waals surface area contributed by atoms with Crippen molar-refractivity contribution in [2.75, 3.05) is 46.2 Å². The lowest BCUT2D eigenvalue weighted by Crippen LogP contribution is -2.56. The molecular weight excluding hydrogens is 955 g/mol. The Morgan fingerprint density at radius 2 is 0.716 bits per heavy atom. The molecule has 0 aromatic carbocycles. The minimum atomic E-state index is -1.17. The van der Waals surface area contributed by atoms with Crippen LogP contribution in [-0.2, 0) is 33.2 Å². The molecule has 0 radical (unpaired) electrons. The van der Waals surface area contributed by atoms with Crippen LogP contribution in [0, 0.1) is 87.3 Å². The zero-order valence-electron chi connectivity index (χ0n) is 43.9. The van der Waals surface area contributed by atoms with E-state index in [4.69, 9.17) is 28.4 Å². The van der Waals surface area contributed by atoms with Crippen LogP contribution in [-0.4, -0.2) is 172 Å². The Bertz CT molecular complexity index is 1650. The number of amides is 1. The lowest BCUT2D eigenvalue weighted by Gasteiger charge is -2.57. The molecule has 3 saturated heterocycles. The molecule has 426 valence electrons. The first-order valence-electron chi connectivity index (χ1n) is 28.9. The molecule has 0 aromatic rings. The van der Waals surface area contributed by atoms with Crippen molar-refractivity contribution in [1.82, 2.24) is 5.32 Å². The van der Waals surface area contributed by atoms with Gasteiger partial charge in [-0.3, -0.25) is 4.79 Å². The van der Waals surface area contributed by atoms with Gasteiger partial charge in [-0.05, 0) is 180 Å². The summed E-state index contributed by atoms with van der Waals surface area (Å²) in [6, 6.07) is 0. The van der Waals surface area contributed by atoms with Gasteiger partial charge in [0.2, 0.25) is 5.91 Å². The summed E-state index contributed by atoms with van der Waals surface area (Å²) >= 11 is 0. The van der Waals surface area contributed by atoms with Crippen LogP contribution in [0.15, 0.2) is 0 Å². The quantitative estimate of drug-likeness (QED) is 0.111. The second-order valence-corrected chi connectivity index (χ2v) is 27.0. The first kappa shape index (κ1) is 57.6. The topological polar surface area (TPSA) is 267 Å². The maximum atomic E-state index is 12.9. The highest BCUT2D eigenvalue weighted by Gasteiger charge is 2.56. The molecule has 15 rings (SSSR count). The number of carbonyl (C=O) groups is 1. The molecule has 3 heterocycles. The molecule has 12 bridgehead atoms. The van der Waals surface area contributed by atoms with Gasteiger partial charge in [-0.2, -0.15) is 0 Å².